The Labute approximate surface area is 111 Å². The number of hydrazine groups is 1. The van der Waals surface area contributed by atoms with Crippen LogP contribution in [0.25, 0.3) is 0 Å². The van der Waals surface area contributed by atoms with Crippen LogP contribution in [0.5, 0.6) is 0 Å². The largest absolute Gasteiger partial charge is 0.355 e. The molecule has 0 spiro atoms. The Bertz CT molecular complexity index is 405. The number of halogens is 2. The van der Waals surface area contributed by atoms with Gasteiger partial charge in [-0.3, -0.25) is 0 Å². The standard InChI is InChI=1S/C11H16Cl2N4/c1-17(7-4-2-3-5-7)11-9(13)6-8(12)10(15-11)16-14/h6-7H,2-5,14H2,1H3,(H,15,16). The van der Waals surface area contributed by atoms with Crippen molar-refractivity contribution in [3.05, 3.63) is 16.1 Å². The molecule has 3 N–H and O–H groups in total. The third-order valence-corrected chi connectivity index (χ3v) is 3.82. The van der Waals surface area contributed by atoms with Gasteiger partial charge >= 0.3 is 0 Å². The molecule has 1 heterocycles. The minimum Gasteiger partial charge on any atom is -0.355 e. The van der Waals surface area contributed by atoms with Gasteiger partial charge < -0.3 is 10.3 Å². The van der Waals surface area contributed by atoms with E-state index >= 15 is 0 Å². The molecule has 0 bridgehead atoms. The molecule has 0 amide bonds. The van der Waals surface area contributed by atoms with E-state index in [4.69, 9.17) is 29.0 Å². The molecule has 1 aromatic heterocycles. The van der Waals surface area contributed by atoms with Gasteiger partial charge in [0.15, 0.2) is 5.82 Å². The van der Waals surface area contributed by atoms with E-state index in [2.05, 4.69) is 15.3 Å². The summed E-state index contributed by atoms with van der Waals surface area (Å²) in [4.78, 5) is 6.48. The number of nitrogens with one attached hydrogen (secondary N) is 1. The third-order valence-electron chi connectivity index (χ3n) is 3.25. The first-order valence-corrected chi connectivity index (χ1v) is 6.44. The zero-order valence-corrected chi connectivity index (χ0v) is 11.2. The van der Waals surface area contributed by atoms with Gasteiger partial charge in [0, 0.05) is 13.1 Å². The van der Waals surface area contributed by atoms with Crippen LogP contribution in [0.2, 0.25) is 10.0 Å². The van der Waals surface area contributed by atoms with Crippen LogP contribution in [-0.2, 0) is 0 Å². The van der Waals surface area contributed by atoms with E-state index in [1.54, 1.807) is 6.07 Å². The average molecular weight is 275 g/mol. The van der Waals surface area contributed by atoms with E-state index in [0.29, 0.717) is 21.9 Å². The summed E-state index contributed by atoms with van der Waals surface area (Å²) in [5.41, 5.74) is 2.48. The molecule has 6 heteroatoms. The predicted molar refractivity (Wildman–Crippen MR) is 72.7 cm³/mol. The Morgan fingerprint density at radius 1 is 1.35 bits per heavy atom. The topological polar surface area (TPSA) is 54.2 Å². The highest BCUT2D eigenvalue weighted by Crippen LogP contribution is 2.34. The first-order chi connectivity index (χ1) is 8.13. The summed E-state index contributed by atoms with van der Waals surface area (Å²) >= 11 is 12.1. The van der Waals surface area contributed by atoms with Gasteiger partial charge in [0.25, 0.3) is 0 Å². The van der Waals surface area contributed by atoms with Gasteiger partial charge in [-0.25, -0.2) is 10.8 Å². The highest BCUT2D eigenvalue weighted by molar-refractivity contribution is 6.37. The van der Waals surface area contributed by atoms with E-state index in [-0.39, 0.29) is 0 Å². The predicted octanol–water partition coefficient (Wildman–Crippen LogP) is 3.05. The second-order valence-electron chi connectivity index (χ2n) is 4.32. The Morgan fingerprint density at radius 2 is 2.00 bits per heavy atom. The zero-order chi connectivity index (χ0) is 12.4. The molecule has 0 aromatic carbocycles. The fourth-order valence-corrected chi connectivity index (χ4v) is 2.82. The third kappa shape index (κ3) is 2.59. The van der Waals surface area contributed by atoms with Crippen LogP contribution >= 0.6 is 23.2 Å². The Hall–Kier alpha value is -0.710. The summed E-state index contributed by atoms with van der Waals surface area (Å²) in [5, 5.41) is 0.990. The fraction of sp³-hybridized carbons (Fsp3) is 0.545. The van der Waals surface area contributed by atoms with Crippen LogP contribution in [0.3, 0.4) is 0 Å². The molecule has 1 aliphatic carbocycles. The normalized spacial score (nSPS) is 16.2. The lowest BCUT2D eigenvalue weighted by Gasteiger charge is -2.26. The molecule has 1 aromatic rings. The highest BCUT2D eigenvalue weighted by atomic mass is 35.5. The molecular formula is C11H16Cl2N4. The smallest absolute Gasteiger partial charge is 0.161 e. The number of nitrogen functional groups attached to an aromatic ring is 1. The number of nitrogens with two attached hydrogens (primary N) is 1. The highest BCUT2D eigenvalue weighted by Gasteiger charge is 2.23. The summed E-state index contributed by atoms with van der Waals surface area (Å²) in [6.07, 6.45) is 4.90. The molecule has 1 aliphatic rings. The number of anilines is 2. The number of nitrogens with zero attached hydrogens (tertiary/aromatic N) is 2. The van der Waals surface area contributed by atoms with Crippen molar-refractivity contribution >= 4 is 34.8 Å². The summed E-state index contributed by atoms with van der Waals surface area (Å²) in [7, 11) is 2.01. The van der Waals surface area contributed by atoms with E-state index in [1.165, 1.54) is 25.7 Å². The van der Waals surface area contributed by atoms with Gasteiger partial charge in [-0.1, -0.05) is 36.0 Å². The van der Waals surface area contributed by atoms with Gasteiger partial charge in [0.05, 0.1) is 10.0 Å². The lowest BCUT2D eigenvalue weighted by molar-refractivity contribution is 0.647. The van der Waals surface area contributed by atoms with Crippen molar-refractivity contribution in [2.24, 2.45) is 5.84 Å². The summed E-state index contributed by atoms with van der Waals surface area (Å²) in [6.45, 7) is 0. The molecule has 0 saturated heterocycles. The molecule has 4 nitrogen and oxygen atoms in total. The minimum absolute atomic E-state index is 0.432. The van der Waals surface area contributed by atoms with Gasteiger partial charge in [-0.05, 0) is 18.9 Å². The van der Waals surface area contributed by atoms with Gasteiger partial charge in [0.1, 0.15) is 5.82 Å². The Balaban J connectivity index is 2.30. The van der Waals surface area contributed by atoms with Crippen molar-refractivity contribution in [1.29, 1.82) is 0 Å². The fourth-order valence-electron chi connectivity index (χ4n) is 2.27. The molecule has 2 rings (SSSR count). The van der Waals surface area contributed by atoms with Gasteiger partial charge in [-0.15, -0.1) is 0 Å². The molecule has 0 aliphatic heterocycles. The monoisotopic (exact) mass is 274 g/mol. The summed E-state index contributed by atoms with van der Waals surface area (Å²) in [6, 6.07) is 2.18. The Morgan fingerprint density at radius 3 is 2.59 bits per heavy atom. The van der Waals surface area contributed by atoms with Crippen LogP contribution in [0.1, 0.15) is 25.7 Å². The van der Waals surface area contributed by atoms with Gasteiger partial charge in [0.2, 0.25) is 0 Å². The molecule has 0 radical (unpaired) electrons. The zero-order valence-electron chi connectivity index (χ0n) is 9.71. The Kier molecular flexibility index (Phi) is 3.97. The minimum atomic E-state index is 0.432. The quantitative estimate of drug-likeness (QED) is 0.657. The van der Waals surface area contributed by atoms with Crippen molar-refractivity contribution in [2.75, 3.05) is 17.4 Å². The van der Waals surface area contributed by atoms with Crippen molar-refractivity contribution in [2.45, 2.75) is 31.7 Å². The van der Waals surface area contributed by atoms with Crippen LogP contribution in [0.15, 0.2) is 6.07 Å². The van der Waals surface area contributed by atoms with E-state index in [9.17, 15) is 0 Å². The summed E-state index contributed by atoms with van der Waals surface area (Å²) in [5.74, 6) is 6.55. The second kappa shape index (κ2) is 5.29. The number of rotatable bonds is 3. The number of pyridine rings is 1. The molecule has 0 atom stereocenters. The van der Waals surface area contributed by atoms with Crippen molar-refractivity contribution in [1.82, 2.24) is 4.98 Å². The van der Waals surface area contributed by atoms with Crippen LogP contribution in [-0.4, -0.2) is 18.1 Å². The maximum Gasteiger partial charge on any atom is 0.161 e. The van der Waals surface area contributed by atoms with Crippen LogP contribution in [0.4, 0.5) is 11.6 Å². The number of aromatic nitrogens is 1. The molecule has 17 heavy (non-hydrogen) atoms. The second-order valence-corrected chi connectivity index (χ2v) is 5.13. The van der Waals surface area contributed by atoms with Crippen molar-refractivity contribution in [3.63, 3.8) is 0 Å². The first-order valence-electron chi connectivity index (χ1n) is 5.69. The van der Waals surface area contributed by atoms with Crippen molar-refractivity contribution in [3.8, 4) is 0 Å². The van der Waals surface area contributed by atoms with Crippen LogP contribution in [0, 0.1) is 0 Å². The maximum atomic E-state index is 6.17. The first kappa shape index (κ1) is 12.7. The van der Waals surface area contributed by atoms with E-state index in [1.807, 2.05) is 7.05 Å². The van der Waals surface area contributed by atoms with Gasteiger partial charge in [-0.2, -0.15) is 0 Å². The van der Waals surface area contributed by atoms with Crippen molar-refractivity contribution < 1.29 is 0 Å². The number of hydrogen-bond acceptors (Lipinski definition) is 4. The average Bonchev–Trinajstić information content (AvgIpc) is 2.82. The maximum absolute atomic E-state index is 6.17. The summed E-state index contributed by atoms with van der Waals surface area (Å²) < 4.78 is 0. The van der Waals surface area contributed by atoms with E-state index in [0.717, 1.165) is 5.82 Å². The molecule has 0 unspecified atom stereocenters. The SMILES string of the molecule is CN(c1nc(NN)c(Cl)cc1Cl)C1CCCC1. The van der Waals surface area contributed by atoms with Crippen LogP contribution < -0.4 is 16.2 Å². The lowest BCUT2D eigenvalue weighted by atomic mass is 10.2. The molecule has 1 saturated carbocycles. The molecular weight excluding hydrogens is 259 g/mol. The molecule has 94 valence electrons. The molecule has 1 fully saturated rings. The van der Waals surface area contributed by atoms with E-state index < -0.39 is 0 Å². The number of hydrogen-bond donors (Lipinski definition) is 2. The lowest BCUT2D eigenvalue weighted by Crippen LogP contribution is -2.30.